The van der Waals surface area contributed by atoms with E-state index in [4.69, 9.17) is 9.84 Å². The molecule has 1 aromatic heterocycles. The van der Waals surface area contributed by atoms with Gasteiger partial charge in [-0.2, -0.15) is 0 Å². The summed E-state index contributed by atoms with van der Waals surface area (Å²) in [5.74, 6) is -0.635. The fraction of sp³-hybridized carbons (Fsp3) is 0.286. The Morgan fingerprint density at radius 3 is 2.85 bits per heavy atom. The Bertz CT molecular complexity index is 708. The van der Waals surface area contributed by atoms with Crippen LogP contribution in [0, 0.1) is 3.57 Å². The van der Waals surface area contributed by atoms with E-state index in [2.05, 4.69) is 22.6 Å². The highest BCUT2D eigenvalue weighted by Crippen LogP contribution is 2.16. The standard InChI is InChI=1S/C14H14INO4/c1-2-20-14(19)11-8-16(5-6-17)12-7-9(15)3-4-10(12)13(11)18/h3-4,7-8,17H,2,5-6H2,1H3. The van der Waals surface area contributed by atoms with E-state index in [1.54, 1.807) is 17.6 Å². The van der Waals surface area contributed by atoms with Gasteiger partial charge in [0.2, 0.25) is 5.43 Å². The van der Waals surface area contributed by atoms with Gasteiger partial charge in [0.25, 0.3) is 0 Å². The molecule has 20 heavy (non-hydrogen) atoms. The van der Waals surface area contributed by atoms with Crippen LogP contribution in [0.2, 0.25) is 0 Å². The molecule has 6 heteroatoms. The number of rotatable bonds is 4. The molecule has 1 aromatic carbocycles. The van der Waals surface area contributed by atoms with Crippen LogP contribution in [0.15, 0.2) is 29.2 Å². The van der Waals surface area contributed by atoms with Crippen LogP contribution in [-0.4, -0.2) is 28.9 Å². The van der Waals surface area contributed by atoms with E-state index in [-0.39, 0.29) is 24.2 Å². The van der Waals surface area contributed by atoms with E-state index in [0.717, 1.165) is 3.57 Å². The van der Waals surface area contributed by atoms with Crippen molar-refractivity contribution in [3.63, 3.8) is 0 Å². The number of esters is 1. The number of carbonyl (C=O) groups excluding carboxylic acids is 1. The van der Waals surface area contributed by atoms with E-state index in [0.29, 0.717) is 17.4 Å². The van der Waals surface area contributed by atoms with Crippen molar-refractivity contribution in [1.29, 1.82) is 0 Å². The van der Waals surface area contributed by atoms with E-state index < -0.39 is 5.97 Å². The maximum absolute atomic E-state index is 12.3. The molecule has 0 aliphatic rings. The number of pyridine rings is 1. The lowest BCUT2D eigenvalue weighted by Gasteiger charge is -2.12. The first-order valence-electron chi connectivity index (χ1n) is 6.19. The Labute approximate surface area is 129 Å². The van der Waals surface area contributed by atoms with Crippen molar-refractivity contribution in [3.8, 4) is 0 Å². The lowest BCUT2D eigenvalue weighted by molar-refractivity contribution is 0.0524. The van der Waals surface area contributed by atoms with Crippen molar-refractivity contribution < 1.29 is 14.6 Å². The normalized spacial score (nSPS) is 10.8. The van der Waals surface area contributed by atoms with Gasteiger partial charge in [0.15, 0.2) is 0 Å². The zero-order valence-electron chi connectivity index (χ0n) is 10.9. The average molecular weight is 387 g/mol. The summed E-state index contributed by atoms with van der Waals surface area (Å²) in [4.78, 5) is 24.2. The van der Waals surface area contributed by atoms with Gasteiger partial charge in [-0.15, -0.1) is 0 Å². The number of halogens is 1. The SMILES string of the molecule is CCOC(=O)c1cn(CCO)c2cc(I)ccc2c1=O. The third-order valence-corrected chi connectivity index (χ3v) is 3.55. The molecule has 1 N–H and O–H groups in total. The maximum Gasteiger partial charge on any atom is 0.343 e. The number of fused-ring (bicyclic) bond motifs is 1. The maximum atomic E-state index is 12.3. The fourth-order valence-electron chi connectivity index (χ4n) is 2.01. The Morgan fingerprint density at radius 1 is 1.45 bits per heavy atom. The molecule has 0 aliphatic heterocycles. The van der Waals surface area contributed by atoms with Crippen molar-refractivity contribution in [1.82, 2.24) is 4.57 Å². The fourth-order valence-corrected chi connectivity index (χ4v) is 2.49. The predicted octanol–water partition coefficient (Wildman–Crippen LogP) is 1.78. The van der Waals surface area contributed by atoms with Crippen molar-refractivity contribution in [3.05, 3.63) is 43.8 Å². The van der Waals surface area contributed by atoms with Crippen molar-refractivity contribution >= 4 is 39.5 Å². The van der Waals surface area contributed by atoms with Crippen LogP contribution in [0.25, 0.3) is 10.9 Å². The monoisotopic (exact) mass is 387 g/mol. The van der Waals surface area contributed by atoms with Crippen molar-refractivity contribution in [2.45, 2.75) is 13.5 Å². The summed E-state index contributed by atoms with van der Waals surface area (Å²) >= 11 is 2.15. The van der Waals surface area contributed by atoms with Gasteiger partial charge >= 0.3 is 5.97 Å². The van der Waals surface area contributed by atoms with Gasteiger partial charge in [-0.05, 0) is 47.7 Å². The second kappa shape index (κ2) is 6.36. The lowest BCUT2D eigenvalue weighted by Crippen LogP contribution is -2.21. The van der Waals surface area contributed by atoms with Gasteiger partial charge in [-0.3, -0.25) is 4.79 Å². The molecule has 0 radical (unpaired) electrons. The highest BCUT2D eigenvalue weighted by molar-refractivity contribution is 14.1. The molecule has 0 saturated heterocycles. The van der Waals surface area contributed by atoms with Crippen LogP contribution in [0.1, 0.15) is 17.3 Å². The number of aliphatic hydroxyl groups is 1. The minimum atomic E-state index is -0.635. The number of aliphatic hydroxyl groups excluding tert-OH is 1. The molecule has 2 rings (SSSR count). The molecular formula is C14H14INO4. The second-order valence-corrected chi connectivity index (χ2v) is 5.42. The summed E-state index contributed by atoms with van der Waals surface area (Å²) in [6.07, 6.45) is 1.45. The number of ether oxygens (including phenoxy) is 1. The number of aromatic nitrogens is 1. The summed E-state index contributed by atoms with van der Waals surface area (Å²) in [6, 6.07) is 5.35. The molecule has 0 unspecified atom stereocenters. The molecular weight excluding hydrogens is 373 g/mol. The van der Waals surface area contributed by atoms with Gasteiger partial charge in [-0.1, -0.05) is 0 Å². The van der Waals surface area contributed by atoms with Gasteiger partial charge < -0.3 is 14.4 Å². The highest BCUT2D eigenvalue weighted by atomic mass is 127. The quantitative estimate of drug-likeness (QED) is 0.642. The molecule has 5 nitrogen and oxygen atoms in total. The predicted molar refractivity (Wildman–Crippen MR) is 84.0 cm³/mol. The minimum Gasteiger partial charge on any atom is -0.462 e. The lowest BCUT2D eigenvalue weighted by atomic mass is 10.1. The molecule has 1 heterocycles. The third kappa shape index (κ3) is 2.85. The molecule has 0 fully saturated rings. The first-order chi connectivity index (χ1) is 9.58. The zero-order valence-corrected chi connectivity index (χ0v) is 13.1. The first-order valence-corrected chi connectivity index (χ1v) is 7.27. The smallest absolute Gasteiger partial charge is 0.343 e. The summed E-state index contributed by atoms with van der Waals surface area (Å²) in [5.41, 5.74) is 0.349. The Kier molecular flexibility index (Phi) is 4.77. The minimum absolute atomic E-state index is 0.00555. The van der Waals surface area contributed by atoms with E-state index in [1.165, 1.54) is 6.20 Å². The molecule has 2 aromatic rings. The molecule has 0 aliphatic carbocycles. The second-order valence-electron chi connectivity index (χ2n) is 4.17. The van der Waals surface area contributed by atoms with E-state index in [9.17, 15) is 9.59 Å². The van der Waals surface area contributed by atoms with E-state index in [1.807, 2.05) is 12.1 Å². The van der Waals surface area contributed by atoms with Crippen LogP contribution in [0.5, 0.6) is 0 Å². The Balaban J connectivity index is 2.73. The molecule has 0 amide bonds. The van der Waals surface area contributed by atoms with Crippen LogP contribution >= 0.6 is 22.6 Å². The van der Waals surface area contributed by atoms with Crippen molar-refractivity contribution in [2.75, 3.05) is 13.2 Å². The molecule has 0 atom stereocenters. The summed E-state index contributed by atoms with van der Waals surface area (Å²) in [7, 11) is 0. The molecule has 0 bridgehead atoms. The van der Waals surface area contributed by atoms with Crippen molar-refractivity contribution in [2.24, 2.45) is 0 Å². The Morgan fingerprint density at radius 2 is 2.20 bits per heavy atom. The number of nitrogens with zero attached hydrogens (tertiary/aromatic N) is 1. The summed E-state index contributed by atoms with van der Waals surface area (Å²) in [5, 5.41) is 9.58. The number of carbonyl (C=O) groups is 1. The number of hydrogen-bond acceptors (Lipinski definition) is 4. The van der Waals surface area contributed by atoms with Gasteiger partial charge in [0.05, 0.1) is 18.7 Å². The first kappa shape index (κ1) is 15.0. The van der Waals surface area contributed by atoms with E-state index >= 15 is 0 Å². The topological polar surface area (TPSA) is 68.5 Å². The van der Waals surface area contributed by atoms with Gasteiger partial charge in [0, 0.05) is 21.7 Å². The zero-order chi connectivity index (χ0) is 14.7. The number of hydrogen-bond donors (Lipinski definition) is 1. The van der Waals surface area contributed by atoms with Gasteiger partial charge in [0.1, 0.15) is 5.56 Å². The van der Waals surface area contributed by atoms with Gasteiger partial charge in [-0.25, -0.2) is 4.79 Å². The summed E-state index contributed by atoms with van der Waals surface area (Å²) < 4.78 is 7.57. The van der Waals surface area contributed by atoms with Crippen LogP contribution in [0.4, 0.5) is 0 Å². The molecule has 0 saturated carbocycles. The summed E-state index contributed by atoms with van der Waals surface area (Å²) in [6.45, 7) is 2.13. The third-order valence-electron chi connectivity index (χ3n) is 2.88. The largest absolute Gasteiger partial charge is 0.462 e. The molecule has 106 valence electrons. The Hall–Kier alpha value is -1.41. The number of benzene rings is 1. The molecule has 0 spiro atoms. The van der Waals surface area contributed by atoms with Crippen LogP contribution in [0.3, 0.4) is 0 Å². The van der Waals surface area contributed by atoms with Crippen LogP contribution < -0.4 is 5.43 Å². The van der Waals surface area contributed by atoms with Crippen LogP contribution in [-0.2, 0) is 11.3 Å². The average Bonchev–Trinajstić information content (AvgIpc) is 2.42. The highest BCUT2D eigenvalue weighted by Gasteiger charge is 2.16.